The van der Waals surface area contributed by atoms with E-state index in [0.717, 1.165) is 19.4 Å². The van der Waals surface area contributed by atoms with Gasteiger partial charge in [0.15, 0.2) is 0 Å². The molecule has 2 unspecified atom stereocenters. The van der Waals surface area contributed by atoms with Crippen molar-refractivity contribution in [2.24, 2.45) is 0 Å². The Balaban J connectivity index is 3.09. The Morgan fingerprint density at radius 3 is 2.00 bits per heavy atom. The molecule has 1 aromatic rings. The molecule has 2 heteroatoms. The summed E-state index contributed by atoms with van der Waals surface area (Å²) in [4.78, 5) is 0. The number of hydrogen-bond acceptors (Lipinski definition) is 2. The first-order chi connectivity index (χ1) is 9.78. The van der Waals surface area contributed by atoms with Crippen LogP contribution in [-0.2, 0) is 10.2 Å². The summed E-state index contributed by atoms with van der Waals surface area (Å²) in [5, 5.41) is 3.66. The van der Waals surface area contributed by atoms with Crippen molar-refractivity contribution in [3.8, 4) is 0 Å². The van der Waals surface area contributed by atoms with Gasteiger partial charge in [-0.15, -0.1) is 0 Å². The van der Waals surface area contributed by atoms with Crippen LogP contribution in [0.3, 0.4) is 0 Å². The summed E-state index contributed by atoms with van der Waals surface area (Å²) >= 11 is 0. The lowest BCUT2D eigenvalue weighted by Crippen LogP contribution is -2.43. The minimum atomic E-state index is -0.182. The summed E-state index contributed by atoms with van der Waals surface area (Å²) in [6.45, 7) is 14.3. The van der Waals surface area contributed by atoms with Crippen molar-refractivity contribution in [1.29, 1.82) is 0 Å². The van der Waals surface area contributed by atoms with Crippen molar-refractivity contribution < 1.29 is 4.74 Å². The molecule has 0 bridgehead atoms. The van der Waals surface area contributed by atoms with Crippen LogP contribution in [0, 0.1) is 0 Å². The molecule has 1 rings (SSSR count). The smallest absolute Gasteiger partial charge is 0.0841 e. The Morgan fingerprint density at radius 2 is 1.62 bits per heavy atom. The molecular formula is C19H33NO. The van der Waals surface area contributed by atoms with Gasteiger partial charge in [-0.05, 0) is 42.9 Å². The predicted octanol–water partition coefficient (Wildman–Crippen LogP) is 4.84. The summed E-state index contributed by atoms with van der Waals surface area (Å²) in [6.07, 6.45) is 2.10. The summed E-state index contributed by atoms with van der Waals surface area (Å²) in [5.41, 5.74) is 2.69. The molecule has 1 aromatic carbocycles. The van der Waals surface area contributed by atoms with E-state index in [1.54, 1.807) is 0 Å². The highest BCUT2D eigenvalue weighted by Crippen LogP contribution is 2.33. The largest absolute Gasteiger partial charge is 0.377 e. The Kier molecular flexibility index (Phi) is 6.42. The van der Waals surface area contributed by atoms with E-state index >= 15 is 0 Å². The highest BCUT2D eigenvalue weighted by atomic mass is 16.5. The van der Waals surface area contributed by atoms with E-state index in [2.05, 4.69) is 71.1 Å². The fraction of sp³-hybridized carbons (Fsp3) is 0.684. The summed E-state index contributed by atoms with van der Waals surface area (Å²) in [5.74, 6) is 0. The molecule has 0 aliphatic carbocycles. The standard InChI is InChI=1S/C19H33NO/c1-8-14-20-17(19(6,9-2)21-7)15-10-12-16(13-11-15)18(3,4)5/h10-13,17,20H,8-9,14H2,1-7H3. The second-order valence-electron chi connectivity index (χ2n) is 7.13. The first-order valence-corrected chi connectivity index (χ1v) is 8.17. The summed E-state index contributed by atoms with van der Waals surface area (Å²) < 4.78 is 5.84. The average molecular weight is 291 g/mol. The van der Waals surface area contributed by atoms with Crippen molar-refractivity contribution in [3.05, 3.63) is 35.4 Å². The number of methoxy groups -OCH3 is 1. The molecule has 0 saturated carbocycles. The zero-order valence-electron chi connectivity index (χ0n) is 14.9. The van der Waals surface area contributed by atoms with E-state index in [1.807, 2.05) is 7.11 Å². The number of rotatable bonds is 7. The van der Waals surface area contributed by atoms with Crippen LogP contribution in [0.2, 0.25) is 0 Å². The van der Waals surface area contributed by atoms with Crippen molar-refractivity contribution in [2.75, 3.05) is 13.7 Å². The van der Waals surface area contributed by atoms with Gasteiger partial charge >= 0.3 is 0 Å². The quantitative estimate of drug-likeness (QED) is 0.776. The molecule has 0 amide bonds. The topological polar surface area (TPSA) is 21.3 Å². The van der Waals surface area contributed by atoms with Crippen LogP contribution in [0.4, 0.5) is 0 Å². The Morgan fingerprint density at radius 1 is 1.05 bits per heavy atom. The third kappa shape index (κ3) is 4.55. The molecule has 2 nitrogen and oxygen atoms in total. The monoisotopic (exact) mass is 291 g/mol. The lowest BCUT2D eigenvalue weighted by Gasteiger charge is -2.37. The van der Waals surface area contributed by atoms with Crippen molar-refractivity contribution in [1.82, 2.24) is 5.32 Å². The Hall–Kier alpha value is -0.860. The van der Waals surface area contributed by atoms with E-state index in [0.29, 0.717) is 0 Å². The van der Waals surface area contributed by atoms with Crippen LogP contribution in [0.5, 0.6) is 0 Å². The van der Waals surface area contributed by atoms with Gasteiger partial charge in [0.05, 0.1) is 11.6 Å². The van der Waals surface area contributed by atoms with Gasteiger partial charge in [-0.1, -0.05) is 58.9 Å². The second kappa shape index (κ2) is 7.42. The number of benzene rings is 1. The maximum Gasteiger partial charge on any atom is 0.0841 e. The molecule has 1 N–H and O–H groups in total. The van der Waals surface area contributed by atoms with E-state index < -0.39 is 0 Å². The van der Waals surface area contributed by atoms with Gasteiger partial charge in [-0.3, -0.25) is 0 Å². The Bertz CT molecular complexity index is 412. The maximum atomic E-state index is 5.84. The summed E-state index contributed by atoms with van der Waals surface area (Å²) in [6, 6.07) is 9.23. The molecule has 0 aromatic heterocycles. The van der Waals surface area contributed by atoms with Crippen LogP contribution in [0.25, 0.3) is 0 Å². The van der Waals surface area contributed by atoms with Crippen LogP contribution in [0.1, 0.15) is 71.6 Å². The van der Waals surface area contributed by atoms with E-state index in [-0.39, 0.29) is 17.1 Å². The first kappa shape index (κ1) is 18.2. The molecule has 0 saturated heterocycles. The van der Waals surface area contributed by atoms with E-state index in [4.69, 9.17) is 4.74 Å². The average Bonchev–Trinajstić information content (AvgIpc) is 2.46. The minimum Gasteiger partial charge on any atom is -0.377 e. The highest BCUT2D eigenvalue weighted by molar-refractivity contribution is 5.30. The minimum absolute atomic E-state index is 0.182. The van der Waals surface area contributed by atoms with Gasteiger partial charge in [0.1, 0.15) is 0 Å². The number of hydrogen-bond donors (Lipinski definition) is 1. The molecule has 0 spiro atoms. The van der Waals surface area contributed by atoms with Crippen molar-refractivity contribution in [3.63, 3.8) is 0 Å². The SMILES string of the molecule is CCCNC(c1ccc(C(C)(C)C)cc1)C(C)(CC)OC. The van der Waals surface area contributed by atoms with Gasteiger partial charge in [-0.2, -0.15) is 0 Å². The van der Waals surface area contributed by atoms with E-state index in [9.17, 15) is 0 Å². The van der Waals surface area contributed by atoms with Gasteiger partial charge in [0, 0.05) is 7.11 Å². The molecule has 120 valence electrons. The second-order valence-corrected chi connectivity index (χ2v) is 7.13. The third-order valence-electron chi connectivity index (χ3n) is 4.49. The van der Waals surface area contributed by atoms with Gasteiger partial charge < -0.3 is 10.1 Å². The zero-order valence-corrected chi connectivity index (χ0v) is 14.9. The molecule has 0 fully saturated rings. The summed E-state index contributed by atoms with van der Waals surface area (Å²) in [7, 11) is 1.81. The Labute approximate surface area is 131 Å². The van der Waals surface area contributed by atoms with Gasteiger partial charge in [0.25, 0.3) is 0 Å². The third-order valence-corrected chi connectivity index (χ3v) is 4.49. The highest BCUT2D eigenvalue weighted by Gasteiger charge is 2.33. The molecule has 0 radical (unpaired) electrons. The van der Waals surface area contributed by atoms with Crippen molar-refractivity contribution in [2.45, 2.75) is 71.4 Å². The molecule has 21 heavy (non-hydrogen) atoms. The normalized spacial score (nSPS) is 16.5. The molecule has 2 atom stereocenters. The lowest BCUT2D eigenvalue weighted by molar-refractivity contribution is -0.0299. The molecular weight excluding hydrogens is 258 g/mol. The van der Waals surface area contributed by atoms with Crippen LogP contribution >= 0.6 is 0 Å². The molecule has 0 heterocycles. The van der Waals surface area contributed by atoms with Gasteiger partial charge in [0.2, 0.25) is 0 Å². The fourth-order valence-corrected chi connectivity index (χ4v) is 2.62. The number of ether oxygens (including phenoxy) is 1. The predicted molar refractivity (Wildman–Crippen MR) is 91.9 cm³/mol. The van der Waals surface area contributed by atoms with Crippen molar-refractivity contribution >= 4 is 0 Å². The van der Waals surface area contributed by atoms with Crippen LogP contribution < -0.4 is 5.32 Å². The van der Waals surface area contributed by atoms with Gasteiger partial charge in [-0.25, -0.2) is 0 Å². The van der Waals surface area contributed by atoms with Crippen LogP contribution in [-0.4, -0.2) is 19.3 Å². The van der Waals surface area contributed by atoms with E-state index in [1.165, 1.54) is 11.1 Å². The van der Waals surface area contributed by atoms with Crippen LogP contribution in [0.15, 0.2) is 24.3 Å². The fourth-order valence-electron chi connectivity index (χ4n) is 2.62. The lowest BCUT2D eigenvalue weighted by atomic mass is 9.83. The zero-order chi connectivity index (χ0) is 16.1. The number of nitrogens with one attached hydrogen (secondary N) is 1. The maximum absolute atomic E-state index is 5.84. The molecule has 0 aliphatic heterocycles. The first-order valence-electron chi connectivity index (χ1n) is 8.17. The molecule has 0 aliphatic rings.